The molecule has 1 aromatic heterocycles. The number of fused-ring (bicyclic) bond motifs is 1. The highest BCUT2D eigenvalue weighted by Crippen LogP contribution is 2.30. The van der Waals surface area contributed by atoms with Gasteiger partial charge in [0.25, 0.3) is 0 Å². The average Bonchev–Trinajstić information content (AvgIpc) is 2.55. The zero-order valence-corrected chi connectivity index (χ0v) is 12.4. The molecule has 116 valence electrons. The molecule has 0 bridgehead atoms. The summed E-state index contributed by atoms with van der Waals surface area (Å²) in [5, 5.41) is 9.87. The molecule has 0 aliphatic heterocycles. The van der Waals surface area contributed by atoms with E-state index < -0.39 is 5.97 Å². The summed E-state index contributed by atoms with van der Waals surface area (Å²) in [7, 11) is 0. The molecule has 1 heterocycles. The van der Waals surface area contributed by atoms with Gasteiger partial charge < -0.3 is 9.84 Å². The third-order valence-electron chi connectivity index (χ3n) is 3.46. The van der Waals surface area contributed by atoms with Crippen LogP contribution in [-0.4, -0.2) is 22.7 Å². The fourth-order valence-corrected chi connectivity index (χ4v) is 2.37. The van der Waals surface area contributed by atoms with Crippen molar-refractivity contribution in [3.8, 4) is 17.0 Å². The van der Waals surface area contributed by atoms with Gasteiger partial charge in [-0.3, -0.25) is 0 Å². The molecule has 0 amide bonds. The third-order valence-corrected chi connectivity index (χ3v) is 3.46. The summed E-state index contributed by atoms with van der Waals surface area (Å²) in [6.07, 6.45) is 0. The first-order chi connectivity index (χ1) is 11.1. The number of pyridine rings is 1. The molecular formula is C18H14FNO3. The molecule has 5 heteroatoms. The van der Waals surface area contributed by atoms with E-state index in [1.807, 2.05) is 6.92 Å². The molecule has 3 rings (SSSR count). The first kappa shape index (κ1) is 15.0. The maximum atomic E-state index is 13.1. The van der Waals surface area contributed by atoms with E-state index >= 15 is 0 Å². The molecule has 0 radical (unpaired) electrons. The highest BCUT2D eigenvalue weighted by atomic mass is 19.1. The second-order valence-corrected chi connectivity index (χ2v) is 4.98. The van der Waals surface area contributed by atoms with Crippen molar-refractivity contribution in [2.75, 3.05) is 6.61 Å². The number of carboxylic acid groups (broad SMARTS) is 1. The first-order valence-electron chi connectivity index (χ1n) is 7.15. The maximum absolute atomic E-state index is 13.1. The molecule has 0 fully saturated rings. The van der Waals surface area contributed by atoms with Gasteiger partial charge in [0.1, 0.15) is 11.6 Å². The van der Waals surface area contributed by atoms with Gasteiger partial charge in [-0.2, -0.15) is 0 Å². The highest BCUT2D eigenvalue weighted by Gasteiger charge is 2.11. The summed E-state index contributed by atoms with van der Waals surface area (Å²) in [6.45, 7) is 2.35. The Morgan fingerprint density at radius 3 is 2.57 bits per heavy atom. The largest absolute Gasteiger partial charge is 0.493 e. The topological polar surface area (TPSA) is 59.4 Å². The van der Waals surface area contributed by atoms with Crippen molar-refractivity contribution < 1.29 is 19.0 Å². The van der Waals surface area contributed by atoms with Gasteiger partial charge in [-0.1, -0.05) is 0 Å². The van der Waals surface area contributed by atoms with Crippen LogP contribution in [-0.2, 0) is 0 Å². The molecule has 0 saturated heterocycles. The second-order valence-electron chi connectivity index (χ2n) is 4.98. The van der Waals surface area contributed by atoms with E-state index in [1.165, 1.54) is 24.3 Å². The Morgan fingerprint density at radius 2 is 1.91 bits per heavy atom. The number of carboxylic acids is 1. The fraction of sp³-hybridized carbons (Fsp3) is 0.111. The van der Waals surface area contributed by atoms with E-state index in [2.05, 4.69) is 4.98 Å². The van der Waals surface area contributed by atoms with Crippen molar-refractivity contribution in [1.29, 1.82) is 0 Å². The van der Waals surface area contributed by atoms with Crippen LogP contribution in [0.4, 0.5) is 4.39 Å². The number of aromatic carboxylic acids is 1. The molecular weight excluding hydrogens is 297 g/mol. The molecule has 1 N–H and O–H groups in total. The molecule has 0 aliphatic carbocycles. The first-order valence-corrected chi connectivity index (χ1v) is 7.15. The van der Waals surface area contributed by atoms with Crippen molar-refractivity contribution in [1.82, 2.24) is 4.98 Å². The van der Waals surface area contributed by atoms with Crippen LogP contribution in [0.1, 0.15) is 17.3 Å². The van der Waals surface area contributed by atoms with Crippen molar-refractivity contribution in [2.45, 2.75) is 6.92 Å². The minimum Gasteiger partial charge on any atom is -0.493 e. The Balaban J connectivity index is 2.21. The Bertz CT molecular complexity index is 875. The lowest BCUT2D eigenvalue weighted by molar-refractivity contribution is 0.0697. The van der Waals surface area contributed by atoms with Crippen molar-refractivity contribution in [2.24, 2.45) is 0 Å². The highest BCUT2D eigenvalue weighted by molar-refractivity contribution is 5.95. The van der Waals surface area contributed by atoms with Crippen LogP contribution in [0.2, 0.25) is 0 Å². The van der Waals surface area contributed by atoms with Gasteiger partial charge in [0, 0.05) is 17.0 Å². The Kier molecular flexibility index (Phi) is 3.93. The molecule has 23 heavy (non-hydrogen) atoms. The standard InChI is InChI=1S/C18H14FNO3/c1-2-23-17-10-15(11-3-6-13(19)7-4-11)20-16-9-12(18(21)22)5-8-14(16)17/h3-10H,2H2,1H3,(H,21,22). The van der Waals surface area contributed by atoms with Gasteiger partial charge in [-0.05, 0) is 49.4 Å². The number of nitrogens with zero attached hydrogens (tertiary/aromatic N) is 1. The van der Waals surface area contributed by atoms with E-state index in [0.29, 0.717) is 23.6 Å². The Hall–Kier alpha value is -2.95. The molecule has 2 aromatic carbocycles. The average molecular weight is 311 g/mol. The third kappa shape index (κ3) is 2.99. The van der Waals surface area contributed by atoms with Crippen LogP contribution in [0.15, 0.2) is 48.5 Å². The molecule has 0 atom stereocenters. The quantitative estimate of drug-likeness (QED) is 0.786. The van der Waals surface area contributed by atoms with Crippen LogP contribution in [0, 0.1) is 5.82 Å². The predicted molar refractivity (Wildman–Crippen MR) is 85.3 cm³/mol. The second kappa shape index (κ2) is 6.04. The number of aromatic nitrogens is 1. The van der Waals surface area contributed by atoms with E-state index in [1.54, 1.807) is 24.3 Å². The van der Waals surface area contributed by atoms with Gasteiger partial charge in [0.05, 0.1) is 23.4 Å². The van der Waals surface area contributed by atoms with Crippen LogP contribution in [0.5, 0.6) is 5.75 Å². The Morgan fingerprint density at radius 1 is 1.17 bits per heavy atom. The van der Waals surface area contributed by atoms with Crippen LogP contribution < -0.4 is 4.74 Å². The summed E-state index contributed by atoms with van der Waals surface area (Å²) >= 11 is 0. The fourth-order valence-electron chi connectivity index (χ4n) is 2.37. The van der Waals surface area contributed by atoms with E-state index in [4.69, 9.17) is 9.84 Å². The minimum atomic E-state index is -1.01. The van der Waals surface area contributed by atoms with E-state index in [0.717, 1.165) is 10.9 Å². The van der Waals surface area contributed by atoms with Crippen molar-refractivity contribution >= 4 is 16.9 Å². The normalized spacial score (nSPS) is 10.7. The van der Waals surface area contributed by atoms with Gasteiger partial charge in [0.15, 0.2) is 0 Å². The van der Waals surface area contributed by atoms with Crippen LogP contribution in [0.25, 0.3) is 22.2 Å². The molecule has 0 aliphatic rings. The smallest absolute Gasteiger partial charge is 0.335 e. The Labute approximate surface area is 132 Å². The van der Waals surface area contributed by atoms with Crippen molar-refractivity contribution in [3.63, 3.8) is 0 Å². The summed E-state index contributed by atoms with van der Waals surface area (Å²) in [4.78, 5) is 15.6. The summed E-state index contributed by atoms with van der Waals surface area (Å²) in [5.41, 5.74) is 2.01. The molecule has 3 aromatic rings. The number of hydrogen-bond donors (Lipinski definition) is 1. The molecule has 0 unspecified atom stereocenters. The predicted octanol–water partition coefficient (Wildman–Crippen LogP) is 4.14. The van der Waals surface area contributed by atoms with Crippen LogP contribution >= 0.6 is 0 Å². The summed E-state index contributed by atoms with van der Waals surface area (Å²) in [6, 6.07) is 12.5. The zero-order valence-electron chi connectivity index (χ0n) is 12.4. The monoisotopic (exact) mass is 311 g/mol. The number of rotatable bonds is 4. The molecule has 0 spiro atoms. The number of ether oxygens (including phenoxy) is 1. The van der Waals surface area contributed by atoms with Crippen LogP contribution in [0.3, 0.4) is 0 Å². The minimum absolute atomic E-state index is 0.156. The number of hydrogen-bond acceptors (Lipinski definition) is 3. The van der Waals surface area contributed by atoms with Crippen molar-refractivity contribution in [3.05, 3.63) is 59.9 Å². The summed E-state index contributed by atoms with van der Waals surface area (Å²) in [5.74, 6) is -0.722. The number of halogens is 1. The summed E-state index contributed by atoms with van der Waals surface area (Å²) < 4.78 is 18.7. The molecule has 4 nitrogen and oxygen atoms in total. The van der Waals surface area contributed by atoms with E-state index in [9.17, 15) is 9.18 Å². The number of benzene rings is 2. The number of carbonyl (C=O) groups is 1. The zero-order chi connectivity index (χ0) is 16.4. The molecule has 0 saturated carbocycles. The lowest BCUT2D eigenvalue weighted by atomic mass is 10.1. The van der Waals surface area contributed by atoms with Gasteiger partial charge >= 0.3 is 5.97 Å². The lowest BCUT2D eigenvalue weighted by Gasteiger charge is -2.11. The van der Waals surface area contributed by atoms with E-state index in [-0.39, 0.29) is 11.4 Å². The van der Waals surface area contributed by atoms with Gasteiger partial charge in [-0.25, -0.2) is 14.2 Å². The maximum Gasteiger partial charge on any atom is 0.335 e. The van der Waals surface area contributed by atoms with Gasteiger partial charge in [-0.15, -0.1) is 0 Å². The van der Waals surface area contributed by atoms with Gasteiger partial charge in [0.2, 0.25) is 0 Å². The SMILES string of the molecule is CCOc1cc(-c2ccc(F)cc2)nc2cc(C(=O)O)ccc12. The lowest BCUT2D eigenvalue weighted by Crippen LogP contribution is -1.99.